The van der Waals surface area contributed by atoms with Crippen molar-refractivity contribution in [1.82, 2.24) is 0 Å². The minimum Gasteiger partial charge on any atom is -0.326 e. The van der Waals surface area contributed by atoms with Crippen molar-refractivity contribution >= 4 is 27.3 Å². The third-order valence-corrected chi connectivity index (χ3v) is 5.95. The van der Waals surface area contributed by atoms with E-state index in [4.69, 9.17) is 0 Å². The van der Waals surface area contributed by atoms with Crippen molar-refractivity contribution in [2.24, 2.45) is 5.92 Å². The largest absolute Gasteiger partial charge is 0.326 e. The number of hydrogen-bond acceptors (Lipinski definition) is 3. The lowest BCUT2D eigenvalue weighted by atomic mass is 10.0. The van der Waals surface area contributed by atoms with Gasteiger partial charge in [0.25, 0.3) is 10.0 Å². The molecule has 3 rings (SSSR count). The maximum Gasteiger partial charge on any atom is 0.261 e. The molecule has 0 aliphatic heterocycles. The van der Waals surface area contributed by atoms with Crippen LogP contribution in [-0.2, 0) is 14.8 Å². The zero-order valence-corrected chi connectivity index (χ0v) is 15.4. The van der Waals surface area contributed by atoms with Gasteiger partial charge in [0.1, 0.15) is 0 Å². The topological polar surface area (TPSA) is 75.3 Å². The number of carbonyl (C=O) groups is 1. The van der Waals surface area contributed by atoms with Crippen LogP contribution in [0.25, 0.3) is 0 Å². The molecule has 0 radical (unpaired) electrons. The Labute approximate surface area is 156 Å². The zero-order chi connectivity index (χ0) is 19.4. The molecule has 27 heavy (non-hydrogen) atoms. The van der Waals surface area contributed by atoms with Crippen LogP contribution < -0.4 is 10.0 Å². The van der Waals surface area contributed by atoms with Gasteiger partial charge >= 0.3 is 0 Å². The SMILES string of the molecule is O=C(CC1CCCC1)Nc1ccc(NS(=O)(=O)c2ccc(F)c(F)c2)cc1. The van der Waals surface area contributed by atoms with E-state index in [1.54, 1.807) is 12.1 Å². The highest BCUT2D eigenvalue weighted by atomic mass is 32.2. The summed E-state index contributed by atoms with van der Waals surface area (Å²) < 4.78 is 53.0. The number of rotatable bonds is 6. The molecule has 0 spiro atoms. The Morgan fingerprint density at radius 2 is 1.59 bits per heavy atom. The van der Waals surface area contributed by atoms with Gasteiger partial charge in [-0.05, 0) is 61.2 Å². The summed E-state index contributed by atoms with van der Waals surface area (Å²) in [7, 11) is -4.05. The molecule has 0 bridgehead atoms. The highest BCUT2D eigenvalue weighted by molar-refractivity contribution is 7.92. The molecule has 0 atom stereocenters. The van der Waals surface area contributed by atoms with E-state index in [1.165, 1.54) is 25.0 Å². The molecule has 0 saturated heterocycles. The molecule has 0 heterocycles. The van der Waals surface area contributed by atoms with E-state index < -0.39 is 21.7 Å². The zero-order valence-electron chi connectivity index (χ0n) is 14.5. The maximum atomic E-state index is 13.3. The fourth-order valence-corrected chi connectivity index (χ4v) is 4.24. The summed E-state index contributed by atoms with van der Waals surface area (Å²) in [6.07, 6.45) is 5.00. The molecule has 2 aromatic rings. The van der Waals surface area contributed by atoms with Gasteiger partial charge in [-0.25, -0.2) is 17.2 Å². The molecule has 1 saturated carbocycles. The monoisotopic (exact) mass is 394 g/mol. The van der Waals surface area contributed by atoms with E-state index in [-0.39, 0.29) is 16.5 Å². The van der Waals surface area contributed by atoms with Crippen LogP contribution in [0.15, 0.2) is 47.4 Å². The van der Waals surface area contributed by atoms with Gasteiger partial charge in [0.15, 0.2) is 11.6 Å². The van der Waals surface area contributed by atoms with Crippen molar-refractivity contribution in [2.75, 3.05) is 10.0 Å². The number of amides is 1. The second kappa shape index (κ2) is 8.04. The van der Waals surface area contributed by atoms with Crippen LogP contribution in [-0.4, -0.2) is 14.3 Å². The quantitative estimate of drug-likeness (QED) is 0.768. The predicted molar refractivity (Wildman–Crippen MR) is 98.8 cm³/mol. The number of halogens is 2. The molecular formula is C19H20F2N2O3S. The molecule has 2 N–H and O–H groups in total. The Kier molecular flexibility index (Phi) is 5.74. The first-order valence-corrected chi connectivity index (χ1v) is 10.2. The number of sulfonamides is 1. The van der Waals surface area contributed by atoms with Crippen molar-refractivity contribution in [3.63, 3.8) is 0 Å². The lowest BCUT2D eigenvalue weighted by molar-refractivity contribution is -0.117. The van der Waals surface area contributed by atoms with Crippen LogP contribution in [0.1, 0.15) is 32.1 Å². The lowest BCUT2D eigenvalue weighted by Gasteiger charge is -2.11. The van der Waals surface area contributed by atoms with E-state index in [2.05, 4.69) is 10.0 Å². The smallest absolute Gasteiger partial charge is 0.261 e. The fraction of sp³-hybridized carbons (Fsp3) is 0.316. The van der Waals surface area contributed by atoms with Crippen molar-refractivity contribution in [1.29, 1.82) is 0 Å². The molecule has 2 aromatic carbocycles. The average Bonchev–Trinajstić information content (AvgIpc) is 3.11. The van der Waals surface area contributed by atoms with Gasteiger partial charge in [-0.2, -0.15) is 0 Å². The molecule has 0 aromatic heterocycles. The molecule has 1 fully saturated rings. The Morgan fingerprint density at radius 3 is 2.22 bits per heavy atom. The van der Waals surface area contributed by atoms with E-state index in [1.807, 2.05) is 0 Å². The molecule has 1 aliphatic rings. The highest BCUT2D eigenvalue weighted by Gasteiger charge is 2.19. The standard InChI is InChI=1S/C19H20F2N2O3S/c20-17-10-9-16(12-18(17)21)27(25,26)23-15-7-5-14(6-8-15)22-19(24)11-13-3-1-2-4-13/h5-10,12-13,23H,1-4,11H2,(H,22,24). The summed E-state index contributed by atoms with van der Waals surface area (Å²) in [5.41, 5.74) is 0.808. The van der Waals surface area contributed by atoms with Gasteiger partial charge in [0.2, 0.25) is 5.91 Å². The van der Waals surface area contributed by atoms with Crippen LogP contribution in [0.5, 0.6) is 0 Å². The number of nitrogens with one attached hydrogen (secondary N) is 2. The van der Waals surface area contributed by atoms with E-state index in [0.29, 0.717) is 24.1 Å². The molecular weight excluding hydrogens is 374 g/mol. The molecule has 1 amide bonds. The normalized spacial score (nSPS) is 14.9. The number of anilines is 2. The van der Waals surface area contributed by atoms with Crippen molar-refractivity contribution in [3.8, 4) is 0 Å². The van der Waals surface area contributed by atoms with Gasteiger partial charge in [0, 0.05) is 17.8 Å². The molecule has 0 unspecified atom stereocenters. The number of benzene rings is 2. The van der Waals surface area contributed by atoms with E-state index in [9.17, 15) is 22.0 Å². The number of carbonyl (C=O) groups excluding carboxylic acids is 1. The Balaban J connectivity index is 1.62. The number of hydrogen-bond donors (Lipinski definition) is 2. The highest BCUT2D eigenvalue weighted by Crippen LogP contribution is 2.28. The summed E-state index contributed by atoms with van der Waals surface area (Å²) in [5, 5.41) is 2.80. The second-order valence-electron chi connectivity index (χ2n) is 6.66. The van der Waals surface area contributed by atoms with Gasteiger partial charge in [0.05, 0.1) is 4.90 Å². The van der Waals surface area contributed by atoms with Crippen LogP contribution >= 0.6 is 0 Å². The molecule has 1 aliphatic carbocycles. The summed E-state index contributed by atoms with van der Waals surface area (Å²) >= 11 is 0. The first-order valence-electron chi connectivity index (χ1n) is 8.71. The molecule has 8 heteroatoms. The first kappa shape index (κ1) is 19.3. The van der Waals surface area contributed by atoms with Crippen LogP contribution in [0.2, 0.25) is 0 Å². The predicted octanol–water partition coefficient (Wildman–Crippen LogP) is 4.28. The van der Waals surface area contributed by atoms with Crippen LogP contribution in [0.3, 0.4) is 0 Å². The van der Waals surface area contributed by atoms with Crippen LogP contribution in [0.4, 0.5) is 20.2 Å². The third-order valence-electron chi connectivity index (χ3n) is 4.57. The minimum absolute atomic E-state index is 0.0583. The van der Waals surface area contributed by atoms with Gasteiger partial charge in [-0.3, -0.25) is 9.52 Å². The average molecular weight is 394 g/mol. The summed E-state index contributed by atoms with van der Waals surface area (Å²) in [4.78, 5) is 11.7. The van der Waals surface area contributed by atoms with Crippen molar-refractivity contribution in [2.45, 2.75) is 37.0 Å². The first-order chi connectivity index (χ1) is 12.8. The van der Waals surface area contributed by atoms with Gasteiger partial charge in [-0.1, -0.05) is 12.8 Å². The second-order valence-corrected chi connectivity index (χ2v) is 8.34. The lowest BCUT2D eigenvalue weighted by Crippen LogP contribution is -2.15. The molecule has 144 valence electrons. The maximum absolute atomic E-state index is 13.3. The van der Waals surface area contributed by atoms with E-state index in [0.717, 1.165) is 25.0 Å². The van der Waals surface area contributed by atoms with Gasteiger partial charge < -0.3 is 5.32 Å². The van der Waals surface area contributed by atoms with E-state index >= 15 is 0 Å². The molecule has 5 nitrogen and oxygen atoms in total. The Morgan fingerprint density at radius 1 is 0.963 bits per heavy atom. The Hall–Kier alpha value is -2.48. The van der Waals surface area contributed by atoms with Gasteiger partial charge in [-0.15, -0.1) is 0 Å². The third kappa shape index (κ3) is 5.03. The van der Waals surface area contributed by atoms with Crippen molar-refractivity contribution in [3.05, 3.63) is 54.1 Å². The summed E-state index contributed by atoms with van der Waals surface area (Å²) in [6.45, 7) is 0. The van der Waals surface area contributed by atoms with Crippen LogP contribution in [0, 0.1) is 17.6 Å². The fourth-order valence-electron chi connectivity index (χ4n) is 3.17. The summed E-state index contributed by atoms with van der Waals surface area (Å²) in [6, 6.07) is 8.50. The van der Waals surface area contributed by atoms with Crippen molar-refractivity contribution < 1.29 is 22.0 Å². The minimum atomic E-state index is -4.05. The summed E-state index contributed by atoms with van der Waals surface area (Å²) in [5.74, 6) is -1.98. The Bertz CT molecular complexity index is 924.